The Labute approximate surface area is 387 Å². The van der Waals surface area contributed by atoms with Crippen LogP contribution in [0.3, 0.4) is 0 Å². The van der Waals surface area contributed by atoms with Gasteiger partial charge in [-0.3, -0.25) is 13.8 Å². The van der Waals surface area contributed by atoms with Crippen molar-refractivity contribution in [1.29, 1.82) is 0 Å². The number of quaternary nitrogens is 1. The zero-order chi connectivity index (χ0) is 45.5. The van der Waals surface area contributed by atoms with Crippen LogP contribution in [0.1, 0.15) is 277 Å². The molecule has 0 saturated carbocycles. The first kappa shape index (κ1) is 61.5. The molecule has 0 amide bonds. The summed E-state index contributed by atoms with van der Waals surface area (Å²) in [6, 6.07) is 0. The maximum absolute atomic E-state index is 12.8. The molecule has 0 fully saturated rings. The Morgan fingerprint density at radius 2 is 0.742 bits per heavy atom. The number of likely N-dealkylation sites (N-methyl/N-ethyl adjacent to an activating group) is 1. The molecule has 0 bridgehead atoms. The van der Waals surface area contributed by atoms with Gasteiger partial charge < -0.3 is 18.9 Å². The molecule has 372 valence electrons. The molecule has 0 aliphatic heterocycles. The molecule has 0 aromatic rings. The summed E-state index contributed by atoms with van der Waals surface area (Å²) in [5.74, 6) is -0.304. The van der Waals surface area contributed by atoms with Gasteiger partial charge in [-0.1, -0.05) is 258 Å². The van der Waals surface area contributed by atoms with Gasteiger partial charge >= 0.3 is 13.8 Å². The Hall–Kier alpha value is -0.500. The first-order chi connectivity index (χ1) is 30.1. The van der Waals surface area contributed by atoms with Crippen molar-refractivity contribution in [3.05, 3.63) is 0 Å². The quantitative estimate of drug-likeness (QED) is 0.0281. The summed E-state index contributed by atoms with van der Waals surface area (Å²) in [6.07, 6.45) is 53.0. The highest BCUT2D eigenvalue weighted by Crippen LogP contribution is 2.43. The van der Waals surface area contributed by atoms with Crippen LogP contribution in [0.2, 0.25) is 0 Å². The van der Waals surface area contributed by atoms with Crippen LogP contribution in [0.15, 0.2) is 0 Å². The molecule has 0 aliphatic carbocycles. The zero-order valence-corrected chi connectivity index (χ0v) is 43.3. The smallest absolute Gasteiger partial charge is 0.457 e. The van der Waals surface area contributed by atoms with E-state index in [1.807, 2.05) is 21.1 Å². The fourth-order valence-electron chi connectivity index (χ4n) is 8.20. The van der Waals surface area contributed by atoms with Gasteiger partial charge in [-0.15, -0.1) is 0 Å². The van der Waals surface area contributed by atoms with Crippen LogP contribution in [0, 0.1) is 0 Å². The summed E-state index contributed by atoms with van der Waals surface area (Å²) in [5.41, 5.74) is 0. The minimum absolute atomic E-state index is 0.0943. The molecular weight excluding hydrogens is 794 g/mol. The van der Waals surface area contributed by atoms with E-state index < -0.39 is 13.9 Å². The summed E-state index contributed by atoms with van der Waals surface area (Å²) < 4.78 is 35.2. The highest BCUT2D eigenvalue weighted by Gasteiger charge is 2.26. The number of carbonyl (C=O) groups is 1. The van der Waals surface area contributed by atoms with Crippen molar-refractivity contribution in [1.82, 2.24) is 0 Å². The fraction of sp³-hybridized carbons (Fsp3) is 0.981. The number of unbranched alkanes of at least 4 members (excludes halogenated alkanes) is 38. The van der Waals surface area contributed by atoms with E-state index in [1.165, 1.54) is 225 Å². The molecule has 0 aromatic heterocycles. The van der Waals surface area contributed by atoms with Gasteiger partial charge in [0.25, 0.3) is 0 Å². The average molecular weight is 903 g/mol. The molecule has 8 nitrogen and oxygen atoms in total. The molecule has 0 rings (SSSR count). The van der Waals surface area contributed by atoms with Crippen molar-refractivity contribution < 1.29 is 37.3 Å². The van der Waals surface area contributed by atoms with Crippen LogP contribution in [-0.4, -0.2) is 75.6 Å². The Bertz CT molecular complexity index is 961. The molecule has 1 N–H and O–H groups in total. The van der Waals surface area contributed by atoms with Gasteiger partial charge in [0.2, 0.25) is 0 Å². The van der Waals surface area contributed by atoms with Gasteiger partial charge in [-0.05, 0) is 12.8 Å². The van der Waals surface area contributed by atoms with Crippen molar-refractivity contribution in [3.63, 3.8) is 0 Å². The van der Waals surface area contributed by atoms with E-state index in [0.717, 1.165) is 32.1 Å². The van der Waals surface area contributed by atoms with Crippen LogP contribution in [0.5, 0.6) is 0 Å². The first-order valence-corrected chi connectivity index (χ1v) is 28.8. The van der Waals surface area contributed by atoms with Crippen LogP contribution >= 0.6 is 7.82 Å². The van der Waals surface area contributed by atoms with Gasteiger partial charge in [-0.25, -0.2) is 4.57 Å². The summed E-state index contributed by atoms with van der Waals surface area (Å²) >= 11 is 0. The number of hydrogen-bond acceptors (Lipinski definition) is 6. The predicted molar refractivity (Wildman–Crippen MR) is 266 cm³/mol. The highest BCUT2D eigenvalue weighted by molar-refractivity contribution is 7.47. The molecule has 0 radical (unpaired) electrons. The maximum Gasteiger partial charge on any atom is 0.472 e. The van der Waals surface area contributed by atoms with Crippen LogP contribution < -0.4 is 0 Å². The van der Waals surface area contributed by atoms with Crippen molar-refractivity contribution in [2.75, 3.05) is 54.1 Å². The van der Waals surface area contributed by atoms with Gasteiger partial charge in [-0.2, -0.15) is 0 Å². The largest absolute Gasteiger partial charge is 0.472 e. The van der Waals surface area contributed by atoms with Gasteiger partial charge in [0.05, 0.1) is 34.4 Å². The molecule has 2 unspecified atom stereocenters. The van der Waals surface area contributed by atoms with Crippen LogP contribution in [-0.2, 0) is 27.9 Å². The summed E-state index contributed by atoms with van der Waals surface area (Å²) in [7, 11) is 1.69. The number of rotatable bonds is 52. The van der Waals surface area contributed by atoms with Gasteiger partial charge in [0, 0.05) is 13.0 Å². The second-order valence-electron chi connectivity index (χ2n) is 20.0. The molecular formula is C53H109NO7P+. The van der Waals surface area contributed by atoms with Crippen molar-refractivity contribution >= 4 is 13.8 Å². The molecule has 0 aromatic carbocycles. The van der Waals surface area contributed by atoms with Crippen molar-refractivity contribution in [2.24, 2.45) is 0 Å². The number of phosphoric acid groups is 1. The minimum atomic E-state index is -4.27. The van der Waals surface area contributed by atoms with Gasteiger partial charge in [0.15, 0.2) is 0 Å². The number of hydrogen-bond donors (Lipinski definition) is 1. The maximum atomic E-state index is 12.8. The third-order valence-electron chi connectivity index (χ3n) is 12.4. The Balaban J connectivity index is 4.00. The number of nitrogens with zero attached hydrogens (tertiary/aromatic N) is 1. The van der Waals surface area contributed by atoms with Crippen molar-refractivity contribution in [3.8, 4) is 0 Å². The lowest BCUT2D eigenvalue weighted by Gasteiger charge is -2.24. The number of ether oxygens (including phenoxy) is 2. The lowest BCUT2D eigenvalue weighted by molar-refractivity contribution is -0.870. The van der Waals surface area contributed by atoms with E-state index in [0.29, 0.717) is 24.1 Å². The van der Waals surface area contributed by atoms with Crippen LogP contribution in [0.25, 0.3) is 0 Å². The van der Waals surface area contributed by atoms with E-state index in [9.17, 15) is 14.3 Å². The molecule has 0 heterocycles. The van der Waals surface area contributed by atoms with E-state index >= 15 is 0 Å². The average Bonchev–Trinajstić information content (AvgIpc) is 3.23. The molecule has 9 heteroatoms. The van der Waals surface area contributed by atoms with E-state index in [1.54, 1.807) is 0 Å². The van der Waals surface area contributed by atoms with E-state index in [2.05, 4.69) is 13.8 Å². The molecule has 0 spiro atoms. The normalized spacial score (nSPS) is 13.5. The monoisotopic (exact) mass is 903 g/mol. The third kappa shape index (κ3) is 50.5. The topological polar surface area (TPSA) is 91.3 Å². The number of carbonyl (C=O) groups excluding carboxylic acids is 1. The number of esters is 1. The lowest BCUT2D eigenvalue weighted by Crippen LogP contribution is -2.37. The summed E-state index contributed by atoms with van der Waals surface area (Å²) in [6.45, 7) is 5.71. The Kier molecular flexibility index (Phi) is 46.6. The molecule has 0 aliphatic rings. The second-order valence-corrected chi connectivity index (χ2v) is 21.4. The SMILES string of the molecule is CCCCCCCCCCCCCCCCCCCCCCCCCCCC(=O)OC(COCCCCCCCCCCCCCCCCC)COP(=O)(O)OCC[N+](C)(C)C. The fourth-order valence-corrected chi connectivity index (χ4v) is 8.95. The number of phosphoric ester groups is 1. The second kappa shape index (κ2) is 47.0. The highest BCUT2D eigenvalue weighted by atomic mass is 31.2. The Morgan fingerprint density at radius 1 is 0.435 bits per heavy atom. The predicted octanol–water partition coefficient (Wildman–Crippen LogP) is 16.8. The van der Waals surface area contributed by atoms with E-state index in [4.69, 9.17) is 18.5 Å². The molecule has 2 atom stereocenters. The molecule has 62 heavy (non-hydrogen) atoms. The minimum Gasteiger partial charge on any atom is -0.457 e. The third-order valence-corrected chi connectivity index (χ3v) is 13.4. The molecule has 0 saturated heterocycles. The summed E-state index contributed by atoms with van der Waals surface area (Å²) in [5, 5.41) is 0. The van der Waals surface area contributed by atoms with Crippen molar-refractivity contribution in [2.45, 2.75) is 283 Å². The van der Waals surface area contributed by atoms with E-state index in [-0.39, 0.29) is 25.8 Å². The summed E-state index contributed by atoms with van der Waals surface area (Å²) in [4.78, 5) is 23.0. The van der Waals surface area contributed by atoms with Crippen LogP contribution in [0.4, 0.5) is 0 Å². The Morgan fingerprint density at radius 3 is 1.06 bits per heavy atom. The lowest BCUT2D eigenvalue weighted by atomic mass is 10.0. The van der Waals surface area contributed by atoms with Gasteiger partial charge in [0.1, 0.15) is 19.3 Å². The zero-order valence-electron chi connectivity index (χ0n) is 42.4. The standard InChI is InChI=1S/C53H108NO7P/c1-6-8-10-12-14-16-18-20-22-23-24-25-26-27-28-29-30-31-32-34-36-38-40-42-44-46-53(55)61-52(51-60-62(56,57)59-49-47-54(3,4)5)50-58-48-45-43-41-39-37-35-33-21-19-17-15-13-11-9-7-2/h52H,6-51H2,1-5H3/p+1. The first-order valence-electron chi connectivity index (χ1n) is 27.3.